The molecular formula is C19H21N5O2. The average molecular weight is 351 g/mol. The Morgan fingerprint density at radius 1 is 1.19 bits per heavy atom. The van der Waals surface area contributed by atoms with Crippen molar-refractivity contribution in [2.45, 2.75) is 33.9 Å². The van der Waals surface area contributed by atoms with Crippen LogP contribution in [0.1, 0.15) is 32.2 Å². The quantitative estimate of drug-likeness (QED) is 0.721. The molecule has 2 heterocycles. The van der Waals surface area contributed by atoms with Crippen LogP contribution >= 0.6 is 0 Å². The Labute approximate surface area is 151 Å². The summed E-state index contributed by atoms with van der Waals surface area (Å²) in [4.78, 5) is 21.1. The van der Waals surface area contributed by atoms with Crippen LogP contribution in [0.25, 0.3) is 11.0 Å². The molecule has 0 aliphatic heterocycles. The lowest BCUT2D eigenvalue weighted by molar-refractivity contribution is 0.300. The number of ether oxygens (including phenoxy) is 1. The lowest BCUT2D eigenvalue weighted by atomic mass is 9.97. The third-order valence-electron chi connectivity index (χ3n) is 3.98. The predicted molar refractivity (Wildman–Crippen MR) is 98.1 cm³/mol. The molecule has 7 heteroatoms. The van der Waals surface area contributed by atoms with Crippen LogP contribution in [0.15, 0.2) is 35.3 Å². The van der Waals surface area contributed by atoms with E-state index in [1.165, 1.54) is 6.20 Å². The summed E-state index contributed by atoms with van der Waals surface area (Å²) in [6, 6.07) is 9.53. The van der Waals surface area contributed by atoms with E-state index in [1.807, 2.05) is 35.0 Å². The van der Waals surface area contributed by atoms with Gasteiger partial charge < -0.3 is 4.74 Å². The van der Waals surface area contributed by atoms with Crippen LogP contribution in [0.2, 0.25) is 0 Å². The molecule has 3 rings (SSSR count). The maximum absolute atomic E-state index is 12.9. The summed E-state index contributed by atoms with van der Waals surface area (Å²) in [6.07, 6.45) is 1.44. The first-order valence-corrected chi connectivity index (χ1v) is 8.32. The molecule has 134 valence electrons. The van der Waals surface area contributed by atoms with E-state index >= 15 is 0 Å². The number of aromatic nitrogens is 4. The molecule has 3 aromatic rings. The van der Waals surface area contributed by atoms with Crippen molar-refractivity contribution in [3.63, 3.8) is 0 Å². The Balaban J connectivity index is 2.15. The minimum absolute atomic E-state index is 0.0572. The summed E-state index contributed by atoms with van der Waals surface area (Å²) in [5.41, 5.74) is 1.23. The van der Waals surface area contributed by atoms with Gasteiger partial charge in [0.05, 0.1) is 13.7 Å². The number of methoxy groups -OCH3 is 1. The highest BCUT2D eigenvalue weighted by atomic mass is 16.5. The molecule has 26 heavy (non-hydrogen) atoms. The topological polar surface area (TPSA) is 85.7 Å². The average Bonchev–Trinajstić information content (AvgIpc) is 2.86. The Bertz CT molecular complexity index is 1030. The van der Waals surface area contributed by atoms with E-state index in [0.717, 1.165) is 11.3 Å². The van der Waals surface area contributed by atoms with Crippen molar-refractivity contribution in [3.8, 4) is 11.8 Å². The number of nitriles is 1. The fourth-order valence-electron chi connectivity index (χ4n) is 2.81. The zero-order valence-electron chi connectivity index (χ0n) is 15.4. The fraction of sp³-hybridized carbons (Fsp3) is 0.368. The largest absolute Gasteiger partial charge is 0.497 e. The van der Waals surface area contributed by atoms with Gasteiger partial charge in [-0.25, -0.2) is 9.67 Å². The van der Waals surface area contributed by atoms with E-state index in [-0.39, 0.29) is 16.8 Å². The van der Waals surface area contributed by atoms with Crippen molar-refractivity contribution in [2.24, 2.45) is 5.41 Å². The maximum atomic E-state index is 12.9. The van der Waals surface area contributed by atoms with Gasteiger partial charge in [-0.3, -0.25) is 9.48 Å². The Morgan fingerprint density at radius 2 is 1.88 bits per heavy atom. The monoisotopic (exact) mass is 351 g/mol. The van der Waals surface area contributed by atoms with Crippen LogP contribution in [-0.2, 0) is 13.1 Å². The number of nitrogens with zero attached hydrogens (tertiary/aromatic N) is 5. The molecule has 0 amide bonds. The fourth-order valence-corrected chi connectivity index (χ4v) is 2.81. The van der Waals surface area contributed by atoms with Gasteiger partial charge in [-0.15, -0.1) is 0 Å². The van der Waals surface area contributed by atoms with Gasteiger partial charge in [0.1, 0.15) is 17.2 Å². The minimum atomic E-state index is -0.162. The van der Waals surface area contributed by atoms with Crippen LogP contribution in [-0.4, -0.2) is 26.4 Å². The molecule has 0 aliphatic carbocycles. The molecule has 1 aromatic carbocycles. The molecule has 7 nitrogen and oxygen atoms in total. The Morgan fingerprint density at radius 3 is 2.46 bits per heavy atom. The zero-order chi connectivity index (χ0) is 18.9. The third kappa shape index (κ3) is 3.45. The molecular weight excluding hydrogens is 330 g/mol. The van der Waals surface area contributed by atoms with E-state index in [0.29, 0.717) is 24.1 Å². The first-order valence-electron chi connectivity index (χ1n) is 8.32. The molecule has 0 bridgehead atoms. The van der Waals surface area contributed by atoms with Crippen molar-refractivity contribution in [3.05, 3.63) is 52.2 Å². The molecule has 0 spiro atoms. The van der Waals surface area contributed by atoms with Crippen molar-refractivity contribution in [1.82, 2.24) is 19.3 Å². The molecule has 0 aliphatic rings. The molecule has 0 saturated heterocycles. The number of hydrogen-bond acceptors (Lipinski definition) is 5. The molecule has 0 N–H and O–H groups in total. The van der Waals surface area contributed by atoms with E-state index in [1.54, 1.807) is 11.8 Å². The molecule has 0 atom stereocenters. The van der Waals surface area contributed by atoms with Crippen LogP contribution in [0.3, 0.4) is 0 Å². The summed E-state index contributed by atoms with van der Waals surface area (Å²) in [5.74, 6) is 0.822. The second kappa shape index (κ2) is 6.64. The van der Waals surface area contributed by atoms with Crippen LogP contribution in [0.5, 0.6) is 5.75 Å². The zero-order valence-corrected chi connectivity index (χ0v) is 15.4. The summed E-state index contributed by atoms with van der Waals surface area (Å²) >= 11 is 0. The van der Waals surface area contributed by atoms with Crippen molar-refractivity contribution >= 4 is 11.0 Å². The van der Waals surface area contributed by atoms with Gasteiger partial charge >= 0.3 is 0 Å². The van der Waals surface area contributed by atoms with Gasteiger partial charge in [0.15, 0.2) is 5.65 Å². The Kier molecular flexibility index (Phi) is 4.51. The summed E-state index contributed by atoms with van der Waals surface area (Å²) in [7, 11) is 1.62. The molecule has 0 unspecified atom stereocenters. The number of rotatable bonds is 4. The highest BCUT2D eigenvalue weighted by molar-refractivity contribution is 5.73. The lowest BCUT2D eigenvalue weighted by Gasteiger charge is -2.22. The van der Waals surface area contributed by atoms with E-state index in [9.17, 15) is 4.79 Å². The summed E-state index contributed by atoms with van der Waals surface area (Å²) in [5, 5.41) is 9.52. The minimum Gasteiger partial charge on any atom is -0.497 e. The van der Waals surface area contributed by atoms with Crippen molar-refractivity contribution in [1.29, 1.82) is 5.26 Å². The van der Waals surface area contributed by atoms with Crippen LogP contribution < -0.4 is 10.3 Å². The van der Waals surface area contributed by atoms with Gasteiger partial charge in [0, 0.05) is 12.7 Å². The number of hydrogen-bond donors (Lipinski definition) is 0. The van der Waals surface area contributed by atoms with Crippen molar-refractivity contribution < 1.29 is 4.74 Å². The van der Waals surface area contributed by atoms with Gasteiger partial charge in [-0.2, -0.15) is 10.2 Å². The molecule has 2 aromatic heterocycles. The Hall–Kier alpha value is -3.14. The van der Waals surface area contributed by atoms with Crippen LogP contribution in [0, 0.1) is 16.7 Å². The van der Waals surface area contributed by atoms with Crippen molar-refractivity contribution in [2.75, 3.05) is 7.11 Å². The van der Waals surface area contributed by atoms with Gasteiger partial charge in [0.2, 0.25) is 5.82 Å². The lowest BCUT2D eigenvalue weighted by Crippen LogP contribution is -2.28. The predicted octanol–water partition coefficient (Wildman–Crippen LogP) is 2.57. The van der Waals surface area contributed by atoms with E-state index in [4.69, 9.17) is 10.00 Å². The number of benzene rings is 1. The highest BCUT2D eigenvalue weighted by Crippen LogP contribution is 2.20. The SMILES string of the molecule is COc1ccc(Cn2c(=O)c3cnc(C#N)nc3n2CC(C)(C)C)cc1. The second-order valence-electron chi connectivity index (χ2n) is 7.37. The highest BCUT2D eigenvalue weighted by Gasteiger charge is 2.21. The van der Waals surface area contributed by atoms with Gasteiger partial charge in [0.25, 0.3) is 5.56 Å². The molecule has 0 saturated carbocycles. The summed E-state index contributed by atoms with van der Waals surface area (Å²) < 4.78 is 8.70. The number of fused-ring (bicyclic) bond motifs is 1. The first-order chi connectivity index (χ1) is 12.3. The maximum Gasteiger partial charge on any atom is 0.278 e. The van der Waals surface area contributed by atoms with Crippen LogP contribution in [0.4, 0.5) is 0 Å². The smallest absolute Gasteiger partial charge is 0.278 e. The second-order valence-corrected chi connectivity index (χ2v) is 7.37. The normalized spacial score (nSPS) is 11.5. The molecule has 0 radical (unpaired) electrons. The summed E-state index contributed by atoms with van der Waals surface area (Å²) in [6.45, 7) is 7.26. The standard InChI is InChI=1S/C19H21N5O2/c1-19(2,3)12-24-17-15(10-21-16(9-20)22-17)18(25)23(24)11-13-5-7-14(26-4)8-6-13/h5-8,10H,11-12H2,1-4H3. The van der Waals surface area contributed by atoms with Gasteiger partial charge in [-0.05, 0) is 23.1 Å². The third-order valence-corrected chi connectivity index (χ3v) is 3.98. The molecule has 0 fully saturated rings. The van der Waals surface area contributed by atoms with E-state index < -0.39 is 0 Å². The first kappa shape index (κ1) is 17.7. The van der Waals surface area contributed by atoms with Gasteiger partial charge in [-0.1, -0.05) is 32.9 Å². The van der Waals surface area contributed by atoms with E-state index in [2.05, 4.69) is 30.7 Å².